The first kappa shape index (κ1) is 21.6. The summed E-state index contributed by atoms with van der Waals surface area (Å²) in [4.78, 5) is 38.3. The minimum absolute atomic E-state index is 0.0131. The number of nitrogen functional groups attached to an aromatic ring is 2. The first-order valence-electron chi connectivity index (χ1n) is 9.37. The summed E-state index contributed by atoms with van der Waals surface area (Å²) in [7, 11) is 0. The van der Waals surface area contributed by atoms with Gasteiger partial charge in [-0.2, -0.15) is 9.97 Å². The molecule has 2 heterocycles. The van der Waals surface area contributed by atoms with Crippen LogP contribution in [-0.2, 0) is 22.7 Å². The molecule has 12 nitrogen and oxygen atoms in total. The van der Waals surface area contributed by atoms with E-state index >= 15 is 0 Å². The number of hydrogen-bond donors (Lipinski definition) is 6. The normalized spacial score (nSPS) is 11.9. The van der Waals surface area contributed by atoms with Crippen molar-refractivity contribution in [2.24, 2.45) is 0 Å². The van der Waals surface area contributed by atoms with E-state index in [1.807, 2.05) is 24.3 Å². The highest BCUT2D eigenvalue weighted by Gasteiger charge is 2.17. The summed E-state index contributed by atoms with van der Waals surface area (Å²) in [5.74, 6) is -1.91. The van der Waals surface area contributed by atoms with Crippen molar-refractivity contribution in [3.05, 3.63) is 41.7 Å². The van der Waals surface area contributed by atoms with Crippen LogP contribution in [-0.4, -0.2) is 48.1 Å². The second-order valence-corrected chi connectivity index (χ2v) is 6.76. The molecule has 0 amide bonds. The number of nitrogens with zero attached hydrogens (tertiary/aromatic N) is 4. The third kappa shape index (κ3) is 5.96. The minimum Gasteiger partial charge on any atom is -0.481 e. The molecule has 3 rings (SSSR count). The summed E-state index contributed by atoms with van der Waals surface area (Å²) in [5.41, 5.74) is 14.4. The zero-order chi connectivity index (χ0) is 22.4. The zero-order valence-corrected chi connectivity index (χ0v) is 16.4. The number of benzene rings is 1. The molecule has 12 heteroatoms. The molecule has 0 aliphatic carbocycles. The lowest BCUT2D eigenvalue weighted by molar-refractivity contribution is -0.140. The number of anilines is 3. The molecule has 0 fully saturated rings. The summed E-state index contributed by atoms with van der Waals surface area (Å²) in [5, 5.41) is 24.0. The SMILES string of the molecule is Nc1nc(N)c2nc(CNc3ccc(CNC(CCC(=O)O)C(=O)O)cc3)cnc2n1. The van der Waals surface area contributed by atoms with Gasteiger partial charge in [-0.05, 0) is 24.1 Å². The van der Waals surface area contributed by atoms with E-state index in [0.29, 0.717) is 29.9 Å². The van der Waals surface area contributed by atoms with Crippen LogP contribution in [0.25, 0.3) is 11.2 Å². The number of fused-ring (bicyclic) bond motifs is 1. The van der Waals surface area contributed by atoms with Crippen molar-refractivity contribution in [3.8, 4) is 0 Å². The fourth-order valence-electron chi connectivity index (χ4n) is 2.82. The van der Waals surface area contributed by atoms with E-state index in [1.165, 1.54) is 0 Å². The van der Waals surface area contributed by atoms with Crippen LogP contribution in [0, 0.1) is 0 Å². The topological polar surface area (TPSA) is 202 Å². The lowest BCUT2D eigenvalue weighted by atomic mass is 10.1. The number of nitrogens with one attached hydrogen (secondary N) is 2. The molecular weight excluding hydrogens is 404 g/mol. The fourth-order valence-corrected chi connectivity index (χ4v) is 2.82. The Hall–Kier alpha value is -4.06. The standard InChI is InChI=1S/C19H22N8O4/c20-16-15-17(27-19(21)26-16)24-9-12(25-15)8-22-11-3-1-10(2-4-11)7-23-13(18(30)31)5-6-14(28)29/h1-4,9,13,22-23H,5-8H2,(H,28,29)(H,30,31)(H4,20,21,24,26,27). The number of carboxylic acid groups (broad SMARTS) is 2. The molecule has 1 atom stereocenters. The molecule has 0 spiro atoms. The molecule has 1 aromatic carbocycles. The molecule has 1 unspecified atom stereocenters. The highest BCUT2D eigenvalue weighted by molar-refractivity contribution is 5.81. The molecule has 8 N–H and O–H groups in total. The highest BCUT2D eigenvalue weighted by Crippen LogP contribution is 2.16. The largest absolute Gasteiger partial charge is 0.481 e. The Labute approximate surface area is 176 Å². The average molecular weight is 426 g/mol. The van der Waals surface area contributed by atoms with Crippen molar-refractivity contribution in [1.82, 2.24) is 25.3 Å². The summed E-state index contributed by atoms with van der Waals surface area (Å²) in [6.07, 6.45) is 1.37. The number of aromatic nitrogens is 4. The van der Waals surface area contributed by atoms with Gasteiger partial charge in [0.1, 0.15) is 6.04 Å². The van der Waals surface area contributed by atoms with Gasteiger partial charge in [0.05, 0.1) is 18.4 Å². The Morgan fingerprint density at radius 2 is 1.77 bits per heavy atom. The molecular formula is C19H22N8O4. The number of carboxylic acids is 2. The van der Waals surface area contributed by atoms with Crippen LogP contribution < -0.4 is 22.1 Å². The molecule has 0 saturated carbocycles. The van der Waals surface area contributed by atoms with Crippen molar-refractivity contribution in [3.63, 3.8) is 0 Å². The Balaban J connectivity index is 1.56. The lowest BCUT2D eigenvalue weighted by Crippen LogP contribution is -2.36. The first-order valence-corrected chi connectivity index (χ1v) is 9.37. The van der Waals surface area contributed by atoms with E-state index in [1.54, 1.807) is 6.20 Å². The van der Waals surface area contributed by atoms with E-state index in [0.717, 1.165) is 11.3 Å². The number of aliphatic carboxylic acids is 2. The van der Waals surface area contributed by atoms with E-state index in [9.17, 15) is 14.7 Å². The maximum Gasteiger partial charge on any atom is 0.320 e. The second-order valence-electron chi connectivity index (χ2n) is 6.76. The van der Waals surface area contributed by atoms with Gasteiger partial charge in [-0.25, -0.2) is 9.97 Å². The van der Waals surface area contributed by atoms with Crippen molar-refractivity contribution < 1.29 is 19.8 Å². The number of carbonyl (C=O) groups is 2. The molecule has 0 saturated heterocycles. The van der Waals surface area contributed by atoms with Crippen LogP contribution in [0.3, 0.4) is 0 Å². The average Bonchev–Trinajstić information content (AvgIpc) is 2.72. The Morgan fingerprint density at radius 3 is 2.45 bits per heavy atom. The molecule has 0 aliphatic rings. The third-order valence-corrected chi connectivity index (χ3v) is 4.43. The number of rotatable bonds is 10. The predicted molar refractivity (Wildman–Crippen MR) is 113 cm³/mol. The van der Waals surface area contributed by atoms with Crippen LogP contribution in [0.4, 0.5) is 17.5 Å². The van der Waals surface area contributed by atoms with E-state index in [2.05, 4.69) is 30.6 Å². The molecule has 0 bridgehead atoms. The Morgan fingerprint density at radius 1 is 1.03 bits per heavy atom. The Kier molecular flexibility index (Phi) is 6.72. The summed E-state index contributed by atoms with van der Waals surface area (Å²) >= 11 is 0. The van der Waals surface area contributed by atoms with E-state index < -0.39 is 18.0 Å². The van der Waals surface area contributed by atoms with Gasteiger partial charge in [-0.3, -0.25) is 9.59 Å². The van der Waals surface area contributed by atoms with Gasteiger partial charge >= 0.3 is 11.9 Å². The van der Waals surface area contributed by atoms with Crippen molar-refractivity contribution >= 4 is 40.6 Å². The Bertz CT molecular complexity index is 1090. The van der Waals surface area contributed by atoms with Gasteiger partial charge in [0.15, 0.2) is 17.0 Å². The van der Waals surface area contributed by atoms with Crippen LogP contribution in [0.1, 0.15) is 24.1 Å². The van der Waals surface area contributed by atoms with Crippen LogP contribution >= 0.6 is 0 Å². The molecule has 3 aromatic rings. The zero-order valence-electron chi connectivity index (χ0n) is 16.4. The van der Waals surface area contributed by atoms with Crippen molar-refractivity contribution in [2.75, 3.05) is 16.8 Å². The second kappa shape index (κ2) is 9.63. The summed E-state index contributed by atoms with van der Waals surface area (Å²) in [6, 6.07) is 6.44. The quantitative estimate of drug-likeness (QED) is 0.264. The summed E-state index contributed by atoms with van der Waals surface area (Å²) < 4.78 is 0. The molecule has 2 aromatic heterocycles. The van der Waals surface area contributed by atoms with Gasteiger partial charge in [-0.1, -0.05) is 12.1 Å². The van der Waals surface area contributed by atoms with Crippen molar-refractivity contribution in [2.45, 2.75) is 32.0 Å². The van der Waals surface area contributed by atoms with Gasteiger partial charge in [0.25, 0.3) is 0 Å². The highest BCUT2D eigenvalue weighted by atomic mass is 16.4. The van der Waals surface area contributed by atoms with Gasteiger partial charge < -0.3 is 32.3 Å². The molecule has 31 heavy (non-hydrogen) atoms. The van der Waals surface area contributed by atoms with Gasteiger partial charge in [-0.15, -0.1) is 0 Å². The molecule has 0 aliphatic heterocycles. The maximum absolute atomic E-state index is 11.2. The predicted octanol–water partition coefficient (Wildman–Crippen LogP) is 0.604. The maximum atomic E-state index is 11.2. The molecule has 162 valence electrons. The lowest BCUT2D eigenvalue weighted by Gasteiger charge is -2.14. The first-order chi connectivity index (χ1) is 14.8. The monoisotopic (exact) mass is 426 g/mol. The van der Waals surface area contributed by atoms with E-state index in [-0.39, 0.29) is 24.6 Å². The van der Waals surface area contributed by atoms with Crippen LogP contribution in [0.5, 0.6) is 0 Å². The third-order valence-electron chi connectivity index (χ3n) is 4.43. The number of nitrogens with two attached hydrogens (primary N) is 2. The molecule has 0 radical (unpaired) electrons. The van der Waals surface area contributed by atoms with Crippen LogP contribution in [0.15, 0.2) is 30.5 Å². The van der Waals surface area contributed by atoms with E-state index in [4.69, 9.17) is 16.6 Å². The van der Waals surface area contributed by atoms with Gasteiger partial charge in [0.2, 0.25) is 5.95 Å². The minimum atomic E-state index is -1.08. The van der Waals surface area contributed by atoms with Gasteiger partial charge in [0, 0.05) is 18.7 Å². The fraction of sp³-hybridized carbons (Fsp3) is 0.263. The smallest absolute Gasteiger partial charge is 0.320 e. The van der Waals surface area contributed by atoms with Crippen molar-refractivity contribution in [1.29, 1.82) is 0 Å². The summed E-state index contributed by atoms with van der Waals surface area (Å²) in [6.45, 7) is 0.691. The number of hydrogen-bond acceptors (Lipinski definition) is 10. The van der Waals surface area contributed by atoms with Crippen LogP contribution in [0.2, 0.25) is 0 Å².